The normalized spacial score (nSPS) is 18.6. The van der Waals surface area contributed by atoms with E-state index in [-0.39, 0.29) is 18.0 Å². The van der Waals surface area contributed by atoms with Crippen LogP contribution in [-0.4, -0.2) is 45.0 Å². The third-order valence-electron chi connectivity index (χ3n) is 7.58. The molecule has 12 nitrogen and oxygen atoms in total. The number of non-ortho nitro benzene ring substituents is 1. The van der Waals surface area contributed by atoms with E-state index in [4.69, 9.17) is 4.74 Å². The van der Waals surface area contributed by atoms with Gasteiger partial charge in [-0.05, 0) is 61.0 Å². The molecule has 0 spiro atoms. The van der Waals surface area contributed by atoms with E-state index in [2.05, 4.69) is 5.32 Å². The van der Waals surface area contributed by atoms with Gasteiger partial charge < -0.3 is 10.1 Å². The number of benzene rings is 3. The zero-order valence-electron chi connectivity index (χ0n) is 23.9. The molecule has 4 aromatic rings. The number of amides is 3. The van der Waals surface area contributed by atoms with Crippen molar-refractivity contribution in [2.75, 3.05) is 16.8 Å². The first kappa shape index (κ1) is 30.9. The number of halogens is 1. The minimum absolute atomic E-state index is 0.155. The van der Waals surface area contributed by atoms with Crippen LogP contribution in [0.2, 0.25) is 0 Å². The number of thioether (sulfide) groups is 1. The molecule has 2 aliphatic heterocycles. The number of imide groups is 1. The van der Waals surface area contributed by atoms with Crippen LogP contribution in [0.5, 0.6) is 0 Å². The number of hydrogen-bond acceptors (Lipinski definition) is 10. The summed E-state index contributed by atoms with van der Waals surface area (Å²) >= 11 is 1.84. The van der Waals surface area contributed by atoms with Crippen LogP contribution in [-0.2, 0) is 25.7 Å². The van der Waals surface area contributed by atoms with Gasteiger partial charge in [-0.25, -0.2) is 14.1 Å². The van der Waals surface area contributed by atoms with Gasteiger partial charge in [0.05, 0.1) is 33.7 Å². The summed E-state index contributed by atoms with van der Waals surface area (Å²) in [6.45, 7) is 1.50. The van der Waals surface area contributed by atoms with Gasteiger partial charge in [-0.3, -0.25) is 33.9 Å². The zero-order valence-corrected chi connectivity index (χ0v) is 25.5. The number of nitro benzene ring substituents is 1. The lowest BCUT2D eigenvalue weighted by molar-refractivity contribution is -0.384. The van der Waals surface area contributed by atoms with Gasteiger partial charge in [-0.15, -0.1) is 0 Å². The molecule has 0 bridgehead atoms. The molecule has 3 heterocycles. The van der Waals surface area contributed by atoms with E-state index in [9.17, 15) is 38.5 Å². The van der Waals surface area contributed by atoms with Gasteiger partial charge in [-0.1, -0.05) is 35.2 Å². The molecule has 0 aliphatic carbocycles. The summed E-state index contributed by atoms with van der Waals surface area (Å²) in [6, 6.07) is 16.5. The number of ether oxygens (including phenoxy) is 1. The zero-order chi connectivity index (χ0) is 32.7. The van der Waals surface area contributed by atoms with Gasteiger partial charge in [0.2, 0.25) is 17.7 Å². The van der Waals surface area contributed by atoms with Crippen LogP contribution in [0.4, 0.5) is 21.5 Å². The van der Waals surface area contributed by atoms with Crippen molar-refractivity contribution in [2.45, 2.75) is 29.7 Å². The monoisotopic (exact) mass is 662 g/mol. The summed E-state index contributed by atoms with van der Waals surface area (Å²) < 4.78 is 20.1. The summed E-state index contributed by atoms with van der Waals surface area (Å²) in [5, 5.41) is 13.2. The standard InChI is InChI=1S/C31H23FN4O8S2/c1-2-44-30(40)17-5-9-19(10-6-17)33-22(37)15-34-29-26(46-31(34)41)23(16-3-7-18(32)8-4-16)24-25(45-29)28(39)35(27(24)38)20-11-13-21(14-12-20)36(42)43/h3-14,23-25H,2,15H2,1H3,(H,33,37)/t23-,24-,25+/m0/s1. The van der Waals surface area contributed by atoms with Crippen LogP contribution >= 0.6 is 23.1 Å². The predicted molar refractivity (Wildman–Crippen MR) is 167 cm³/mol. The highest BCUT2D eigenvalue weighted by atomic mass is 32.2. The fourth-order valence-electron chi connectivity index (χ4n) is 5.51. The maximum absolute atomic E-state index is 13.9. The highest BCUT2D eigenvalue weighted by molar-refractivity contribution is 8.00. The van der Waals surface area contributed by atoms with Crippen LogP contribution in [0, 0.1) is 21.8 Å². The van der Waals surface area contributed by atoms with E-state index in [1.807, 2.05) is 0 Å². The predicted octanol–water partition coefficient (Wildman–Crippen LogP) is 4.57. The first-order valence-corrected chi connectivity index (χ1v) is 15.6. The number of esters is 1. The Labute approximate surface area is 267 Å². The average Bonchev–Trinajstić information content (AvgIpc) is 3.48. The molecule has 0 radical (unpaired) electrons. The third-order valence-corrected chi connectivity index (χ3v) is 10.2. The molecule has 0 saturated carbocycles. The van der Waals surface area contributed by atoms with Crippen molar-refractivity contribution in [2.24, 2.45) is 5.92 Å². The summed E-state index contributed by atoms with van der Waals surface area (Å²) in [4.78, 5) is 77.6. The second kappa shape index (κ2) is 12.3. The van der Waals surface area contributed by atoms with E-state index in [0.29, 0.717) is 26.7 Å². The van der Waals surface area contributed by atoms with Crippen molar-refractivity contribution in [3.63, 3.8) is 0 Å². The van der Waals surface area contributed by atoms with Gasteiger partial charge in [0.25, 0.3) is 5.69 Å². The lowest BCUT2D eigenvalue weighted by Crippen LogP contribution is -2.33. The molecule has 3 atom stereocenters. The Kier molecular flexibility index (Phi) is 8.27. The summed E-state index contributed by atoms with van der Waals surface area (Å²) in [7, 11) is 0. The number of anilines is 2. The Morgan fingerprint density at radius 1 is 0.978 bits per heavy atom. The minimum Gasteiger partial charge on any atom is -0.462 e. The number of thiazole rings is 1. The van der Waals surface area contributed by atoms with Crippen molar-refractivity contribution in [3.8, 4) is 0 Å². The highest BCUT2D eigenvalue weighted by Crippen LogP contribution is 2.53. The largest absolute Gasteiger partial charge is 0.462 e. The fraction of sp³-hybridized carbons (Fsp3) is 0.194. The van der Waals surface area contributed by atoms with Crippen molar-refractivity contribution in [1.82, 2.24) is 4.57 Å². The van der Waals surface area contributed by atoms with E-state index >= 15 is 0 Å². The third kappa shape index (κ3) is 5.58. The number of nitrogens with one attached hydrogen (secondary N) is 1. The van der Waals surface area contributed by atoms with Gasteiger partial charge in [0.1, 0.15) is 17.6 Å². The minimum atomic E-state index is -0.996. The van der Waals surface area contributed by atoms with E-state index in [1.165, 1.54) is 77.4 Å². The number of nitro groups is 1. The van der Waals surface area contributed by atoms with Crippen molar-refractivity contribution >= 4 is 63.9 Å². The maximum Gasteiger partial charge on any atom is 0.338 e. The summed E-state index contributed by atoms with van der Waals surface area (Å²) in [6.07, 6.45) is 0. The Morgan fingerprint density at radius 3 is 2.28 bits per heavy atom. The number of aromatic nitrogens is 1. The molecule has 1 N–H and O–H groups in total. The summed E-state index contributed by atoms with van der Waals surface area (Å²) in [5.74, 6) is -4.48. The molecule has 234 valence electrons. The molecule has 1 fully saturated rings. The first-order chi connectivity index (χ1) is 22.1. The molecule has 0 unspecified atom stereocenters. The summed E-state index contributed by atoms with van der Waals surface area (Å²) in [5.41, 5.74) is 1.13. The van der Waals surface area contributed by atoms with Crippen molar-refractivity contribution in [3.05, 3.63) is 114 Å². The van der Waals surface area contributed by atoms with Crippen LogP contribution in [0.15, 0.2) is 82.6 Å². The second-order valence-corrected chi connectivity index (χ2v) is 12.5. The molecule has 1 saturated heterocycles. The molecular weight excluding hydrogens is 639 g/mol. The van der Waals surface area contributed by atoms with Crippen molar-refractivity contribution in [1.29, 1.82) is 0 Å². The molecule has 6 rings (SSSR count). The smallest absolute Gasteiger partial charge is 0.338 e. The topological polar surface area (TPSA) is 158 Å². The van der Waals surface area contributed by atoms with E-state index in [1.54, 1.807) is 6.92 Å². The second-order valence-electron chi connectivity index (χ2n) is 10.3. The molecule has 3 aromatic carbocycles. The van der Waals surface area contributed by atoms with Crippen LogP contribution in [0.1, 0.15) is 33.6 Å². The van der Waals surface area contributed by atoms with Gasteiger partial charge in [0, 0.05) is 28.6 Å². The number of hydrogen-bond donors (Lipinski definition) is 1. The maximum atomic E-state index is 13.9. The number of carbonyl (C=O) groups is 4. The molecule has 2 aliphatic rings. The number of rotatable bonds is 8. The van der Waals surface area contributed by atoms with Crippen molar-refractivity contribution < 1.29 is 33.2 Å². The molecule has 1 aromatic heterocycles. The van der Waals surface area contributed by atoms with E-state index < -0.39 is 62.9 Å². The average molecular weight is 663 g/mol. The fourth-order valence-corrected chi connectivity index (χ4v) is 8.28. The Bertz CT molecular complexity index is 1940. The molecule has 46 heavy (non-hydrogen) atoms. The van der Waals surface area contributed by atoms with Gasteiger partial charge in [0.15, 0.2) is 0 Å². The number of carbonyl (C=O) groups excluding carboxylic acids is 4. The van der Waals surface area contributed by atoms with Crippen LogP contribution in [0.25, 0.3) is 0 Å². The number of nitrogens with zero attached hydrogens (tertiary/aromatic N) is 3. The van der Waals surface area contributed by atoms with Gasteiger partial charge in [-0.2, -0.15) is 0 Å². The highest BCUT2D eigenvalue weighted by Gasteiger charge is 2.56. The number of fused-ring (bicyclic) bond motifs is 2. The Hall–Kier alpha value is -5.15. The van der Waals surface area contributed by atoms with Crippen LogP contribution < -0.4 is 15.1 Å². The molecule has 3 amide bonds. The lowest BCUT2D eigenvalue weighted by atomic mass is 9.83. The molecular formula is C31H23FN4O8S2. The quantitative estimate of drug-likeness (QED) is 0.124. The lowest BCUT2D eigenvalue weighted by Gasteiger charge is -2.30. The van der Waals surface area contributed by atoms with E-state index in [0.717, 1.165) is 28.0 Å². The SMILES string of the molecule is CCOC(=O)c1ccc(NC(=O)Cn2c3c(sc2=O)[C@@H](c2ccc(F)cc2)[C@@H]2C(=O)N(c4ccc([N+](=O)[O-])cc4)C(=O)[C@@H]2S3)cc1. The Balaban J connectivity index is 1.33. The molecule has 15 heteroatoms. The Morgan fingerprint density at radius 2 is 1.65 bits per heavy atom. The van der Waals surface area contributed by atoms with Crippen LogP contribution in [0.3, 0.4) is 0 Å². The van der Waals surface area contributed by atoms with Gasteiger partial charge >= 0.3 is 10.8 Å². The first-order valence-electron chi connectivity index (χ1n) is 13.9.